The molecule has 21 heavy (non-hydrogen) atoms. The molecule has 2 atom stereocenters. The van der Waals surface area contributed by atoms with E-state index in [0.29, 0.717) is 6.04 Å². The van der Waals surface area contributed by atoms with Gasteiger partial charge in [-0.25, -0.2) is 0 Å². The lowest BCUT2D eigenvalue weighted by atomic mass is 9.89. The summed E-state index contributed by atoms with van der Waals surface area (Å²) in [5.74, 6) is 2.76. The van der Waals surface area contributed by atoms with Gasteiger partial charge < -0.3 is 10.1 Å². The van der Waals surface area contributed by atoms with Gasteiger partial charge in [0.15, 0.2) is 0 Å². The minimum atomic E-state index is 0.690. The maximum Gasteiger partial charge on any atom is 0.119 e. The Labute approximate surface area is 130 Å². The molecule has 0 spiro atoms. The second-order valence-electron chi connectivity index (χ2n) is 6.83. The lowest BCUT2D eigenvalue weighted by molar-refractivity contribution is 0.297. The fraction of sp³-hybridized carbons (Fsp3) is 0.684. The van der Waals surface area contributed by atoms with Gasteiger partial charge in [0.1, 0.15) is 12.4 Å². The zero-order valence-corrected chi connectivity index (χ0v) is 13.9. The van der Waals surface area contributed by atoms with E-state index in [1.165, 1.54) is 37.7 Å². The van der Waals surface area contributed by atoms with E-state index in [2.05, 4.69) is 44.3 Å². The Balaban J connectivity index is 1.64. The average Bonchev–Trinajstić information content (AvgIpc) is 2.69. The first-order valence-electron chi connectivity index (χ1n) is 8.58. The highest BCUT2D eigenvalue weighted by molar-refractivity contribution is 5.27. The van der Waals surface area contributed by atoms with Crippen LogP contribution in [0.15, 0.2) is 24.3 Å². The molecule has 1 aromatic carbocycles. The van der Waals surface area contributed by atoms with Crippen LogP contribution in [0, 0.1) is 18.8 Å². The molecule has 0 aromatic heterocycles. The third kappa shape index (κ3) is 5.70. The third-order valence-corrected chi connectivity index (χ3v) is 4.75. The summed E-state index contributed by atoms with van der Waals surface area (Å²) < 4.78 is 5.81. The van der Waals surface area contributed by atoms with Crippen LogP contribution in [-0.2, 0) is 0 Å². The van der Waals surface area contributed by atoms with Crippen molar-refractivity contribution in [2.75, 3.05) is 13.2 Å². The van der Waals surface area contributed by atoms with E-state index < -0.39 is 0 Å². The molecule has 2 rings (SSSR count). The summed E-state index contributed by atoms with van der Waals surface area (Å²) in [7, 11) is 0. The van der Waals surface area contributed by atoms with Crippen molar-refractivity contribution in [2.45, 2.75) is 58.9 Å². The Hall–Kier alpha value is -1.02. The topological polar surface area (TPSA) is 21.3 Å². The van der Waals surface area contributed by atoms with Crippen LogP contribution >= 0.6 is 0 Å². The zero-order chi connectivity index (χ0) is 15.1. The van der Waals surface area contributed by atoms with Gasteiger partial charge in [-0.15, -0.1) is 0 Å². The highest BCUT2D eigenvalue weighted by atomic mass is 16.5. The van der Waals surface area contributed by atoms with Crippen LogP contribution in [0.3, 0.4) is 0 Å². The largest absolute Gasteiger partial charge is 0.492 e. The number of aryl methyl sites for hydroxylation is 1. The molecule has 0 bridgehead atoms. The monoisotopic (exact) mass is 289 g/mol. The number of benzene rings is 1. The molecule has 0 radical (unpaired) electrons. The molecule has 1 aliphatic carbocycles. The van der Waals surface area contributed by atoms with Gasteiger partial charge in [0.2, 0.25) is 0 Å². The SMILES string of the molecule is Cc1cccc(OCCNC2CCCC(C(C)C)CC2)c1. The van der Waals surface area contributed by atoms with Gasteiger partial charge in [0.05, 0.1) is 0 Å². The summed E-state index contributed by atoms with van der Waals surface area (Å²) in [6.45, 7) is 8.54. The van der Waals surface area contributed by atoms with Gasteiger partial charge in [-0.3, -0.25) is 0 Å². The predicted molar refractivity (Wildman–Crippen MR) is 89.9 cm³/mol. The minimum absolute atomic E-state index is 0.690. The molecule has 1 aliphatic rings. The molecule has 1 fully saturated rings. The molecule has 0 heterocycles. The number of rotatable bonds is 6. The molecule has 2 heteroatoms. The highest BCUT2D eigenvalue weighted by Crippen LogP contribution is 2.28. The second-order valence-corrected chi connectivity index (χ2v) is 6.83. The quantitative estimate of drug-likeness (QED) is 0.612. The summed E-state index contributed by atoms with van der Waals surface area (Å²) in [6.07, 6.45) is 6.82. The van der Waals surface area contributed by atoms with E-state index in [0.717, 1.165) is 30.7 Å². The second kappa shape index (κ2) is 8.43. The normalized spacial score (nSPS) is 23.0. The van der Waals surface area contributed by atoms with Gasteiger partial charge in [0.25, 0.3) is 0 Å². The van der Waals surface area contributed by atoms with Crippen LogP contribution in [0.4, 0.5) is 0 Å². The predicted octanol–water partition coefficient (Wildman–Crippen LogP) is 4.57. The van der Waals surface area contributed by atoms with E-state index in [1.54, 1.807) is 0 Å². The van der Waals surface area contributed by atoms with Crippen molar-refractivity contribution in [3.05, 3.63) is 29.8 Å². The standard InChI is InChI=1S/C19H31NO/c1-15(2)17-7-5-8-18(11-10-17)20-12-13-21-19-9-4-6-16(3)14-19/h4,6,9,14-15,17-18,20H,5,7-8,10-13H2,1-3H3. The minimum Gasteiger partial charge on any atom is -0.492 e. The molecule has 0 aliphatic heterocycles. The Kier molecular flexibility index (Phi) is 6.56. The maximum atomic E-state index is 5.81. The lowest BCUT2D eigenvalue weighted by Crippen LogP contribution is -2.32. The average molecular weight is 289 g/mol. The van der Waals surface area contributed by atoms with Gasteiger partial charge in [-0.2, -0.15) is 0 Å². The molecular formula is C19H31NO. The Bertz CT molecular complexity index is 416. The summed E-state index contributed by atoms with van der Waals surface area (Å²) in [5, 5.41) is 3.68. The Morgan fingerprint density at radius 2 is 2.05 bits per heavy atom. The van der Waals surface area contributed by atoms with Crippen LogP contribution in [-0.4, -0.2) is 19.2 Å². The first kappa shape index (κ1) is 16.4. The molecule has 1 saturated carbocycles. The highest BCUT2D eigenvalue weighted by Gasteiger charge is 2.20. The van der Waals surface area contributed by atoms with Crippen molar-refractivity contribution in [3.8, 4) is 5.75 Å². The van der Waals surface area contributed by atoms with E-state index in [9.17, 15) is 0 Å². The van der Waals surface area contributed by atoms with Crippen molar-refractivity contribution in [1.82, 2.24) is 5.32 Å². The van der Waals surface area contributed by atoms with Crippen molar-refractivity contribution in [1.29, 1.82) is 0 Å². The summed E-state index contributed by atoms with van der Waals surface area (Å²) in [6, 6.07) is 8.97. The van der Waals surface area contributed by atoms with E-state index in [1.807, 2.05) is 6.07 Å². The maximum absolute atomic E-state index is 5.81. The van der Waals surface area contributed by atoms with E-state index in [-0.39, 0.29) is 0 Å². The summed E-state index contributed by atoms with van der Waals surface area (Å²) in [5.41, 5.74) is 1.25. The first-order valence-corrected chi connectivity index (χ1v) is 8.58. The van der Waals surface area contributed by atoms with Crippen molar-refractivity contribution < 1.29 is 4.74 Å². The summed E-state index contributed by atoms with van der Waals surface area (Å²) >= 11 is 0. The number of hydrogen-bond donors (Lipinski definition) is 1. The van der Waals surface area contributed by atoms with E-state index in [4.69, 9.17) is 4.74 Å². The smallest absolute Gasteiger partial charge is 0.119 e. The van der Waals surface area contributed by atoms with Gasteiger partial charge in [0, 0.05) is 12.6 Å². The van der Waals surface area contributed by atoms with Gasteiger partial charge in [-0.1, -0.05) is 38.8 Å². The molecule has 0 saturated heterocycles. The lowest BCUT2D eigenvalue weighted by Gasteiger charge is -2.19. The first-order chi connectivity index (χ1) is 10.1. The Morgan fingerprint density at radius 3 is 2.81 bits per heavy atom. The van der Waals surface area contributed by atoms with Gasteiger partial charge >= 0.3 is 0 Å². The van der Waals surface area contributed by atoms with Crippen LogP contribution < -0.4 is 10.1 Å². The van der Waals surface area contributed by atoms with Crippen molar-refractivity contribution in [2.24, 2.45) is 11.8 Å². The molecule has 0 amide bonds. The van der Waals surface area contributed by atoms with Crippen LogP contribution in [0.2, 0.25) is 0 Å². The summed E-state index contributed by atoms with van der Waals surface area (Å²) in [4.78, 5) is 0. The number of ether oxygens (including phenoxy) is 1. The van der Waals surface area contributed by atoms with Crippen LogP contribution in [0.25, 0.3) is 0 Å². The molecule has 1 aromatic rings. The van der Waals surface area contributed by atoms with E-state index >= 15 is 0 Å². The number of hydrogen-bond acceptors (Lipinski definition) is 2. The fourth-order valence-electron chi connectivity index (χ4n) is 3.34. The number of nitrogens with one attached hydrogen (secondary N) is 1. The zero-order valence-electron chi connectivity index (χ0n) is 13.9. The van der Waals surface area contributed by atoms with Gasteiger partial charge in [-0.05, 0) is 55.7 Å². The Morgan fingerprint density at radius 1 is 1.19 bits per heavy atom. The van der Waals surface area contributed by atoms with Crippen LogP contribution in [0.5, 0.6) is 5.75 Å². The molecular weight excluding hydrogens is 258 g/mol. The fourth-order valence-corrected chi connectivity index (χ4v) is 3.34. The van der Waals surface area contributed by atoms with Crippen LogP contribution in [0.1, 0.15) is 51.5 Å². The molecule has 118 valence electrons. The third-order valence-electron chi connectivity index (χ3n) is 4.75. The molecule has 1 N–H and O–H groups in total. The molecule has 2 unspecified atom stereocenters. The van der Waals surface area contributed by atoms with Crippen molar-refractivity contribution >= 4 is 0 Å². The van der Waals surface area contributed by atoms with Crippen molar-refractivity contribution in [3.63, 3.8) is 0 Å². The molecule has 2 nitrogen and oxygen atoms in total.